The van der Waals surface area contributed by atoms with Gasteiger partial charge in [0, 0.05) is 5.54 Å². The first-order valence-corrected chi connectivity index (χ1v) is 13.5. The van der Waals surface area contributed by atoms with Crippen molar-refractivity contribution in [2.45, 2.75) is 118 Å². The molecule has 4 aliphatic carbocycles. The molecule has 4 rings (SSSR count). The van der Waals surface area contributed by atoms with Crippen molar-refractivity contribution in [2.75, 3.05) is 7.11 Å². The van der Waals surface area contributed by atoms with E-state index in [1.807, 2.05) is 5.48 Å². The number of carbonyl (C=O) groups excluding carboxylic acids is 1. The van der Waals surface area contributed by atoms with Crippen LogP contribution in [0.2, 0.25) is 0 Å². The topological polar surface area (TPSA) is 64.3 Å². The quantitative estimate of drug-likeness (QED) is 0.373. The highest BCUT2D eigenvalue weighted by Gasteiger charge is 2.63. The molecular formula is C28H52N2O2. The third-order valence-electron chi connectivity index (χ3n) is 11.6. The molecule has 4 fully saturated rings. The summed E-state index contributed by atoms with van der Waals surface area (Å²) in [6, 6.07) is 0. The molecule has 4 heteroatoms. The fraction of sp³-hybridized carbons (Fsp3) is 0.964. The zero-order valence-corrected chi connectivity index (χ0v) is 22.1. The molecule has 4 saturated carbocycles. The third-order valence-corrected chi connectivity index (χ3v) is 11.6. The predicted octanol–water partition coefficient (Wildman–Crippen LogP) is 6.48. The van der Waals surface area contributed by atoms with Crippen molar-refractivity contribution in [3.63, 3.8) is 0 Å². The van der Waals surface area contributed by atoms with Gasteiger partial charge >= 0.3 is 0 Å². The standard InChI is InChI=1S/C26H47N.C2H5NO2/c1-18(2)23(3,4)17-19-9-10-21-20-11-16-26(27)14-8-7-13-25(26,6)22(20)12-15-24(19,21)5;1-5-3-2-4/h18-22H,7-17,27H2,1-6H3;2H,1H3,(H,3,4). The van der Waals surface area contributed by atoms with Crippen LogP contribution in [-0.4, -0.2) is 19.1 Å². The first-order valence-electron chi connectivity index (χ1n) is 13.5. The Hall–Kier alpha value is -0.610. The van der Waals surface area contributed by atoms with E-state index < -0.39 is 0 Å². The first-order chi connectivity index (χ1) is 14.9. The van der Waals surface area contributed by atoms with Crippen molar-refractivity contribution < 1.29 is 9.63 Å². The summed E-state index contributed by atoms with van der Waals surface area (Å²) in [6.07, 6.45) is 16.1. The second-order valence-electron chi connectivity index (χ2n) is 13.3. The molecular weight excluding hydrogens is 396 g/mol. The van der Waals surface area contributed by atoms with Crippen LogP contribution in [0.3, 0.4) is 0 Å². The summed E-state index contributed by atoms with van der Waals surface area (Å²) in [6.45, 7) is 15.2. The lowest BCUT2D eigenvalue weighted by Crippen LogP contribution is -2.65. The van der Waals surface area contributed by atoms with Gasteiger partial charge in [-0.05, 0) is 104 Å². The van der Waals surface area contributed by atoms with E-state index in [2.05, 4.69) is 46.4 Å². The maximum absolute atomic E-state index is 9.17. The number of rotatable bonds is 5. The van der Waals surface area contributed by atoms with Gasteiger partial charge in [0.05, 0.1) is 7.11 Å². The smallest absolute Gasteiger partial charge is 0.230 e. The van der Waals surface area contributed by atoms with Crippen LogP contribution in [0.5, 0.6) is 0 Å². The summed E-state index contributed by atoms with van der Waals surface area (Å²) in [5.41, 5.74) is 10.7. The van der Waals surface area contributed by atoms with Crippen LogP contribution < -0.4 is 11.2 Å². The number of fused-ring (bicyclic) bond motifs is 5. The van der Waals surface area contributed by atoms with Crippen LogP contribution in [-0.2, 0) is 9.63 Å². The van der Waals surface area contributed by atoms with Crippen LogP contribution in [0.1, 0.15) is 112 Å². The largest absolute Gasteiger partial charge is 0.325 e. The first kappa shape index (κ1) is 26.0. The van der Waals surface area contributed by atoms with Crippen molar-refractivity contribution in [1.29, 1.82) is 0 Å². The molecule has 7 unspecified atom stereocenters. The second kappa shape index (κ2) is 9.56. The van der Waals surface area contributed by atoms with E-state index in [0.29, 0.717) is 22.7 Å². The Bertz CT molecular complexity index is 649. The van der Waals surface area contributed by atoms with Crippen LogP contribution in [0, 0.1) is 45.8 Å². The molecule has 0 radical (unpaired) electrons. The van der Waals surface area contributed by atoms with Crippen LogP contribution in [0.4, 0.5) is 0 Å². The van der Waals surface area contributed by atoms with Gasteiger partial charge in [-0.15, -0.1) is 0 Å². The van der Waals surface area contributed by atoms with Crippen molar-refractivity contribution in [1.82, 2.24) is 5.48 Å². The summed E-state index contributed by atoms with van der Waals surface area (Å²) in [5, 5.41) is 0. The van der Waals surface area contributed by atoms with Gasteiger partial charge in [-0.3, -0.25) is 9.63 Å². The van der Waals surface area contributed by atoms with Gasteiger partial charge < -0.3 is 5.73 Å². The number of hydrogen-bond donors (Lipinski definition) is 2. The van der Waals surface area contributed by atoms with Gasteiger partial charge in [0.15, 0.2) is 0 Å². The van der Waals surface area contributed by atoms with E-state index in [1.54, 1.807) is 0 Å². The molecule has 0 bridgehead atoms. The number of carbonyl (C=O) groups is 1. The minimum Gasteiger partial charge on any atom is -0.325 e. The zero-order valence-electron chi connectivity index (χ0n) is 22.1. The monoisotopic (exact) mass is 448 g/mol. The molecule has 4 aliphatic rings. The second-order valence-corrected chi connectivity index (χ2v) is 13.3. The fourth-order valence-corrected chi connectivity index (χ4v) is 8.70. The van der Waals surface area contributed by atoms with Gasteiger partial charge in [-0.2, -0.15) is 0 Å². The van der Waals surface area contributed by atoms with Gasteiger partial charge in [0.1, 0.15) is 0 Å². The molecule has 0 aliphatic heterocycles. The van der Waals surface area contributed by atoms with E-state index in [1.165, 1.54) is 77.7 Å². The predicted molar refractivity (Wildman–Crippen MR) is 133 cm³/mol. The number of nitrogens with one attached hydrogen (secondary N) is 1. The molecule has 0 aromatic heterocycles. The van der Waals surface area contributed by atoms with Crippen molar-refractivity contribution in [3.8, 4) is 0 Å². The van der Waals surface area contributed by atoms with Crippen molar-refractivity contribution in [3.05, 3.63) is 0 Å². The average molecular weight is 449 g/mol. The highest BCUT2D eigenvalue weighted by atomic mass is 16.6. The Morgan fingerprint density at radius 3 is 2.31 bits per heavy atom. The maximum Gasteiger partial charge on any atom is 0.230 e. The van der Waals surface area contributed by atoms with Gasteiger partial charge in [-0.1, -0.05) is 54.4 Å². The Kier molecular flexibility index (Phi) is 7.77. The third kappa shape index (κ3) is 4.40. The molecule has 0 heterocycles. The molecule has 0 saturated heterocycles. The van der Waals surface area contributed by atoms with E-state index in [4.69, 9.17) is 10.5 Å². The summed E-state index contributed by atoms with van der Waals surface area (Å²) < 4.78 is 0. The molecule has 1 amide bonds. The highest BCUT2D eigenvalue weighted by Crippen LogP contribution is 2.68. The van der Waals surface area contributed by atoms with Crippen molar-refractivity contribution in [2.24, 2.45) is 51.6 Å². The SMILES string of the molecule is CC(C)C(C)(C)CC1CCC2C3CCC4(N)CCCCC4(C)C3CCC12C.CONC=O. The van der Waals surface area contributed by atoms with E-state index in [-0.39, 0.29) is 5.54 Å². The number of nitrogens with two attached hydrogens (primary N) is 1. The number of amides is 1. The van der Waals surface area contributed by atoms with E-state index >= 15 is 0 Å². The average Bonchev–Trinajstić information content (AvgIpc) is 3.05. The summed E-state index contributed by atoms with van der Waals surface area (Å²) in [4.78, 5) is 13.2. The van der Waals surface area contributed by atoms with Crippen LogP contribution in [0.15, 0.2) is 0 Å². The minimum atomic E-state index is 0.151. The van der Waals surface area contributed by atoms with E-state index in [9.17, 15) is 0 Å². The molecule has 0 aromatic rings. The molecule has 186 valence electrons. The Morgan fingerprint density at radius 1 is 1.03 bits per heavy atom. The molecule has 7 atom stereocenters. The molecule has 4 nitrogen and oxygen atoms in total. The summed E-state index contributed by atoms with van der Waals surface area (Å²) in [7, 11) is 1.37. The summed E-state index contributed by atoms with van der Waals surface area (Å²) in [5.74, 6) is 4.59. The Labute approximate surface area is 198 Å². The Morgan fingerprint density at radius 2 is 1.72 bits per heavy atom. The highest BCUT2D eigenvalue weighted by molar-refractivity contribution is 5.43. The summed E-state index contributed by atoms with van der Waals surface area (Å²) >= 11 is 0. The number of hydroxylamine groups is 1. The minimum absolute atomic E-state index is 0.151. The van der Waals surface area contributed by atoms with Gasteiger partial charge in [-0.25, -0.2) is 5.48 Å². The Balaban J connectivity index is 0.000000523. The lowest BCUT2D eigenvalue weighted by Gasteiger charge is -2.64. The van der Waals surface area contributed by atoms with Gasteiger partial charge in [0.2, 0.25) is 6.41 Å². The molecule has 32 heavy (non-hydrogen) atoms. The van der Waals surface area contributed by atoms with Gasteiger partial charge in [0.25, 0.3) is 0 Å². The molecule has 3 N–H and O–H groups in total. The lowest BCUT2D eigenvalue weighted by molar-refractivity contribution is -0.124. The normalized spacial score (nSPS) is 43.4. The van der Waals surface area contributed by atoms with Crippen LogP contribution >= 0.6 is 0 Å². The zero-order chi connectivity index (χ0) is 23.8. The maximum atomic E-state index is 9.17. The molecule has 0 aromatic carbocycles. The van der Waals surface area contributed by atoms with E-state index in [0.717, 1.165) is 29.6 Å². The van der Waals surface area contributed by atoms with Crippen LogP contribution in [0.25, 0.3) is 0 Å². The lowest BCUT2D eigenvalue weighted by atomic mass is 9.42. The van der Waals surface area contributed by atoms with Crippen molar-refractivity contribution >= 4 is 6.41 Å². The fourth-order valence-electron chi connectivity index (χ4n) is 8.70. The number of hydrogen-bond acceptors (Lipinski definition) is 3. The molecule has 0 spiro atoms.